The third-order valence-corrected chi connectivity index (χ3v) is 3.00. The van der Waals surface area contributed by atoms with Crippen molar-refractivity contribution in [1.29, 1.82) is 0 Å². The average Bonchev–Trinajstić information content (AvgIpc) is 2.51. The van der Waals surface area contributed by atoms with E-state index < -0.39 is 10.0 Å². The minimum Gasteiger partial charge on any atom is -0.271 e. The molecule has 0 aliphatic carbocycles. The molecule has 1 heterocycles. The van der Waals surface area contributed by atoms with Crippen molar-refractivity contribution in [2.45, 2.75) is 31.7 Å². The first-order valence-corrected chi connectivity index (χ1v) is 6.03. The molecule has 5 nitrogen and oxygen atoms in total. The fourth-order valence-corrected chi connectivity index (χ4v) is 1.50. The average molecular weight is 217 g/mol. The van der Waals surface area contributed by atoms with E-state index in [0.29, 0.717) is 12.5 Å². The van der Waals surface area contributed by atoms with Crippen molar-refractivity contribution in [3.8, 4) is 0 Å². The van der Waals surface area contributed by atoms with Crippen molar-refractivity contribution in [2.24, 2.45) is 11.1 Å². The van der Waals surface area contributed by atoms with Crippen molar-refractivity contribution in [2.75, 3.05) is 0 Å². The van der Waals surface area contributed by atoms with Crippen LogP contribution in [0.25, 0.3) is 0 Å². The molecule has 0 aromatic carbocycles. The molecule has 0 radical (unpaired) electrons. The van der Waals surface area contributed by atoms with Crippen LogP contribution in [-0.2, 0) is 16.6 Å². The fraction of sp³-hybridized carbons (Fsp3) is 0.625. The minimum atomic E-state index is -3.61. The van der Waals surface area contributed by atoms with E-state index in [4.69, 9.17) is 5.14 Å². The second-order valence-corrected chi connectivity index (χ2v) is 5.02. The molecule has 0 fully saturated rings. The van der Waals surface area contributed by atoms with Gasteiger partial charge in [-0.15, -0.1) is 0 Å². The first kappa shape index (κ1) is 11.2. The summed E-state index contributed by atoms with van der Waals surface area (Å²) in [6.07, 6.45) is 3.77. The summed E-state index contributed by atoms with van der Waals surface area (Å²) in [5.74, 6) is 0.475. The van der Waals surface area contributed by atoms with Crippen LogP contribution in [0.5, 0.6) is 0 Å². The summed E-state index contributed by atoms with van der Waals surface area (Å²) < 4.78 is 23.5. The predicted molar refractivity (Wildman–Crippen MR) is 53.1 cm³/mol. The van der Waals surface area contributed by atoms with Gasteiger partial charge in [0, 0.05) is 12.7 Å². The minimum absolute atomic E-state index is 0.0702. The lowest BCUT2D eigenvalue weighted by Gasteiger charge is -2.07. The van der Waals surface area contributed by atoms with Gasteiger partial charge in [0.1, 0.15) is 4.90 Å². The molecule has 1 aromatic rings. The molecular weight excluding hydrogens is 202 g/mol. The number of primary sulfonamides is 1. The molecule has 0 amide bonds. The maximum absolute atomic E-state index is 10.9. The lowest BCUT2D eigenvalue weighted by Crippen LogP contribution is -2.11. The van der Waals surface area contributed by atoms with Crippen LogP contribution >= 0.6 is 0 Å². The number of hydrogen-bond acceptors (Lipinski definition) is 3. The third-order valence-electron chi connectivity index (χ3n) is 2.13. The van der Waals surface area contributed by atoms with E-state index in [-0.39, 0.29) is 4.90 Å². The first-order chi connectivity index (χ1) is 6.43. The van der Waals surface area contributed by atoms with E-state index in [0.717, 1.165) is 6.42 Å². The van der Waals surface area contributed by atoms with Gasteiger partial charge in [-0.2, -0.15) is 5.10 Å². The standard InChI is InChI=1S/C8H15N3O2S/c1-3-7(2)5-11-6-8(4-10-11)14(9,12)13/h4,6-7H,3,5H2,1-2H3,(H2,9,12,13). The summed E-state index contributed by atoms with van der Waals surface area (Å²) in [5.41, 5.74) is 0. The molecular formula is C8H15N3O2S. The zero-order chi connectivity index (χ0) is 10.8. The molecule has 0 saturated carbocycles. The summed E-state index contributed by atoms with van der Waals surface area (Å²) >= 11 is 0. The van der Waals surface area contributed by atoms with E-state index in [1.54, 1.807) is 4.68 Å². The number of sulfonamides is 1. The first-order valence-electron chi connectivity index (χ1n) is 4.48. The molecule has 0 saturated heterocycles. The van der Waals surface area contributed by atoms with Gasteiger partial charge < -0.3 is 0 Å². The summed E-state index contributed by atoms with van der Waals surface area (Å²) in [4.78, 5) is 0.0702. The van der Waals surface area contributed by atoms with E-state index in [2.05, 4.69) is 18.9 Å². The molecule has 0 aliphatic rings. The number of nitrogens with zero attached hydrogens (tertiary/aromatic N) is 2. The second-order valence-electron chi connectivity index (χ2n) is 3.46. The van der Waals surface area contributed by atoms with E-state index in [9.17, 15) is 8.42 Å². The van der Waals surface area contributed by atoms with Crippen molar-refractivity contribution < 1.29 is 8.42 Å². The number of nitrogens with two attached hydrogens (primary N) is 1. The van der Waals surface area contributed by atoms with Crippen molar-refractivity contribution in [1.82, 2.24) is 9.78 Å². The van der Waals surface area contributed by atoms with Gasteiger partial charge in [-0.3, -0.25) is 4.68 Å². The smallest absolute Gasteiger partial charge is 0.241 e. The molecule has 0 bridgehead atoms. The lowest BCUT2D eigenvalue weighted by atomic mass is 10.1. The highest BCUT2D eigenvalue weighted by molar-refractivity contribution is 7.89. The number of hydrogen-bond donors (Lipinski definition) is 1. The van der Waals surface area contributed by atoms with Gasteiger partial charge in [-0.1, -0.05) is 20.3 Å². The second kappa shape index (κ2) is 4.10. The quantitative estimate of drug-likeness (QED) is 0.801. The Balaban J connectivity index is 2.79. The van der Waals surface area contributed by atoms with Gasteiger partial charge in [-0.25, -0.2) is 13.6 Å². The van der Waals surface area contributed by atoms with Crippen LogP contribution in [-0.4, -0.2) is 18.2 Å². The fourth-order valence-electron chi connectivity index (χ4n) is 1.04. The van der Waals surface area contributed by atoms with Crippen molar-refractivity contribution in [3.63, 3.8) is 0 Å². The van der Waals surface area contributed by atoms with Crippen LogP contribution in [0.4, 0.5) is 0 Å². The number of rotatable bonds is 4. The van der Waals surface area contributed by atoms with E-state index in [1.807, 2.05) is 0 Å². The predicted octanol–water partition coefficient (Wildman–Crippen LogP) is 0.577. The largest absolute Gasteiger partial charge is 0.271 e. The van der Waals surface area contributed by atoms with Gasteiger partial charge in [0.05, 0.1) is 6.20 Å². The maximum Gasteiger partial charge on any atom is 0.241 e. The summed E-state index contributed by atoms with van der Waals surface area (Å²) in [7, 11) is -3.61. The van der Waals surface area contributed by atoms with Gasteiger partial charge in [0.15, 0.2) is 0 Å². The highest BCUT2D eigenvalue weighted by Crippen LogP contribution is 2.08. The Morgan fingerprint density at radius 2 is 2.29 bits per heavy atom. The van der Waals surface area contributed by atoms with Crippen molar-refractivity contribution >= 4 is 10.0 Å². The van der Waals surface area contributed by atoms with E-state index >= 15 is 0 Å². The lowest BCUT2D eigenvalue weighted by molar-refractivity contribution is 0.438. The molecule has 6 heteroatoms. The van der Waals surface area contributed by atoms with Crippen LogP contribution in [0.15, 0.2) is 17.3 Å². The molecule has 0 aliphatic heterocycles. The Bertz CT molecular complexity index is 396. The Kier molecular flexibility index (Phi) is 3.28. The highest BCUT2D eigenvalue weighted by atomic mass is 32.2. The monoisotopic (exact) mass is 217 g/mol. The van der Waals surface area contributed by atoms with E-state index in [1.165, 1.54) is 12.4 Å². The molecule has 80 valence electrons. The van der Waals surface area contributed by atoms with Crippen LogP contribution in [0.3, 0.4) is 0 Å². The molecule has 1 atom stereocenters. The van der Waals surface area contributed by atoms with Crippen LogP contribution in [0.2, 0.25) is 0 Å². The summed E-state index contributed by atoms with van der Waals surface area (Å²) in [6, 6.07) is 0. The molecule has 1 aromatic heterocycles. The van der Waals surface area contributed by atoms with Crippen LogP contribution in [0, 0.1) is 5.92 Å². The SMILES string of the molecule is CCC(C)Cn1cc(S(N)(=O)=O)cn1. The molecule has 1 rings (SSSR count). The summed E-state index contributed by atoms with van der Waals surface area (Å²) in [6.45, 7) is 4.87. The molecule has 1 unspecified atom stereocenters. The highest BCUT2D eigenvalue weighted by Gasteiger charge is 2.11. The number of aromatic nitrogens is 2. The van der Waals surface area contributed by atoms with Gasteiger partial charge >= 0.3 is 0 Å². The Hall–Kier alpha value is -0.880. The van der Waals surface area contributed by atoms with Gasteiger partial charge in [0.25, 0.3) is 0 Å². The Labute approximate surface area is 84.0 Å². The zero-order valence-electron chi connectivity index (χ0n) is 8.34. The van der Waals surface area contributed by atoms with Gasteiger partial charge in [-0.05, 0) is 5.92 Å². The zero-order valence-corrected chi connectivity index (χ0v) is 9.16. The van der Waals surface area contributed by atoms with Crippen molar-refractivity contribution in [3.05, 3.63) is 12.4 Å². The normalized spacial score (nSPS) is 14.2. The Morgan fingerprint density at radius 3 is 2.71 bits per heavy atom. The summed E-state index contributed by atoms with van der Waals surface area (Å²) in [5, 5.41) is 8.88. The maximum atomic E-state index is 10.9. The van der Waals surface area contributed by atoms with Crippen LogP contribution < -0.4 is 5.14 Å². The van der Waals surface area contributed by atoms with Gasteiger partial charge in [0.2, 0.25) is 10.0 Å². The van der Waals surface area contributed by atoms with Crippen LogP contribution in [0.1, 0.15) is 20.3 Å². The molecule has 2 N–H and O–H groups in total. The topological polar surface area (TPSA) is 78.0 Å². The Morgan fingerprint density at radius 1 is 1.64 bits per heavy atom. The third kappa shape index (κ3) is 2.81. The molecule has 0 spiro atoms. The molecule has 14 heavy (non-hydrogen) atoms.